The molecule has 2 aromatic carbocycles. The molecule has 23 nitrogen and oxygen atoms in total. The van der Waals surface area contributed by atoms with Gasteiger partial charge in [-0.05, 0) is 48.0 Å². The van der Waals surface area contributed by atoms with Crippen LogP contribution in [0.5, 0.6) is 34.5 Å². The van der Waals surface area contributed by atoms with Crippen LogP contribution in [0.25, 0.3) is 28.7 Å². The zero-order valence-corrected chi connectivity index (χ0v) is 34.0. The van der Waals surface area contributed by atoms with Crippen molar-refractivity contribution in [3.63, 3.8) is 0 Å². The van der Waals surface area contributed by atoms with Crippen LogP contribution in [-0.4, -0.2) is 185 Å². The summed E-state index contributed by atoms with van der Waals surface area (Å²) in [4.78, 5) is 22.6. The molecule has 14 atom stereocenters. The van der Waals surface area contributed by atoms with Crippen molar-refractivity contribution in [1.29, 1.82) is 0 Å². The van der Waals surface area contributed by atoms with E-state index in [1.54, 1.807) is 0 Å². The molecule has 65 heavy (non-hydrogen) atoms. The molecule has 0 unspecified atom stereocenters. The minimum atomic E-state index is -2.03. The van der Waals surface area contributed by atoms with E-state index in [-0.39, 0.29) is 39.9 Å². The Kier molecular flexibility index (Phi) is 14.5. The first kappa shape index (κ1) is 47.3. The smallest absolute Gasteiger partial charge is 0.507 e. The molecule has 7 rings (SSSR count). The van der Waals surface area contributed by atoms with Gasteiger partial charge in [0.25, 0.3) is 0 Å². The van der Waals surface area contributed by atoms with E-state index in [0.29, 0.717) is 5.56 Å². The normalized spacial score (nSPS) is 31.8. The molecular weight excluding hydrogens is 872 g/mol. The largest absolute Gasteiger partial charge is 0.510 e. The Hall–Kier alpha value is -5.64. The average Bonchev–Trinajstić information content (AvgIpc) is 3.28. The summed E-state index contributed by atoms with van der Waals surface area (Å²) in [6.45, 7) is -1.89. The van der Waals surface area contributed by atoms with Gasteiger partial charge >= 0.3 is 5.97 Å². The van der Waals surface area contributed by atoms with Gasteiger partial charge in [-0.3, -0.25) is 4.79 Å². The summed E-state index contributed by atoms with van der Waals surface area (Å²) in [5, 5.41) is 127. The van der Waals surface area contributed by atoms with E-state index in [2.05, 4.69) is 0 Å². The van der Waals surface area contributed by atoms with Gasteiger partial charge in [0.1, 0.15) is 72.5 Å². The van der Waals surface area contributed by atoms with E-state index in [0.717, 1.165) is 30.3 Å². The lowest BCUT2D eigenvalue weighted by molar-refractivity contribution is -0.353. The number of esters is 1. The predicted molar refractivity (Wildman–Crippen MR) is 215 cm³/mol. The zero-order chi connectivity index (χ0) is 46.9. The van der Waals surface area contributed by atoms with Crippen molar-refractivity contribution in [2.75, 3.05) is 26.9 Å². The van der Waals surface area contributed by atoms with E-state index in [4.69, 9.17) is 42.3 Å². The maximum atomic E-state index is 12.3. The molecule has 3 fully saturated rings. The van der Waals surface area contributed by atoms with Gasteiger partial charge < -0.3 is 108 Å². The fourth-order valence-corrected chi connectivity index (χ4v) is 7.15. The Morgan fingerprint density at radius 2 is 1.40 bits per heavy atom. The number of phenols is 4. The highest BCUT2D eigenvalue weighted by Crippen LogP contribution is 2.43. The van der Waals surface area contributed by atoms with Gasteiger partial charge in [0.15, 0.2) is 58.6 Å². The molecule has 0 amide bonds. The summed E-state index contributed by atoms with van der Waals surface area (Å²) >= 11 is 0. The lowest BCUT2D eigenvalue weighted by atomic mass is 9.97. The van der Waals surface area contributed by atoms with Crippen LogP contribution < -0.4 is 14.9 Å². The number of hydrogen-bond acceptors (Lipinski definition) is 22. The van der Waals surface area contributed by atoms with Crippen LogP contribution in [-0.2, 0) is 28.4 Å². The number of phenolic OH excluding ortho intramolecular Hbond substituents is 4. The molecule has 0 saturated carbocycles. The number of methoxy groups -OCH3 is 1. The third-order valence-electron chi connectivity index (χ3n) is 10.8. The van der Waals surface area contributed by atoms with Crippen LogP contribution in [0.15, 0.2) is 69.9 Å². The molecule has 4 heterocycles. The highest BCUT2D eigenvalue weighted by molar-refractivity contribution is 5.88. The van der Waals surface area contributed by atoms with Crippen LogP contribution in [0.4, 0.5) is 0 Å². The molecule has 5 aliphatic rings. The van der Waals surface area contributed by atoms with E-state index in [1.165, 1.54) is 43.5 Å². The summed E-state index contributed by atoms with van der Waals surface area (Å²) < 4.78 is 51.1. The molecule has 0 aromatic heterocycles. The number of fused-ring (bicyclic) bond motifs is 1. The Balaban J connectivity index is 1.12. The van der Waals surface area contributed by atoms with Crippen molar-refractivity contribution in [2.24, 2.45) is 0 Å². The molecule has 352 valence electrons. The topological polar surface area (TPSA) is 368 Å². The third-order valence-corrected chi connectivity index (χ3v) is 10.8. The number of carbonyl (C=O) groups excluding carboxylic acids is 1. The summed E-state index contributed by atoms with van der Waals surface area (Å²) in [6, 6.07) is 11.0. The second-order valence-electron chi connectivity index (χ2n) is 15.3. The average molecular weight is 920 g/mol. The van der Waals surface area contributed by atoms with Crippen molar-refractivity contribution >= 4 is 12.0 Å². The van der Waals surface area contributed by atoms with Gasteiger partial charge in [-0.15, -0.1) is 0 Å². The Morgan fingerprint density at radius 3 is 2.14 bits per heavy atom. The van der Waals surface area contributed by atoms with Gasteiger partial charge in [0.05, 0.1) is 32.0 Å². The van der Waals surface area contributed by atoms with Crippen molar-refractivity contribution in [3.8, 4) is 57.1 Å². The first-order valence-corrected chi connectivity index (χ1v) is 19.8. The molecule has 1 aliphatic carbocycles. The number of aliphatic hydroxyl groups is 8. The van der Waals surface area contributed by atoms with Gasteiger partial charge in [-0.25, -0.2) is 0 Å². The maximum absolute atomic E-state index is 12.3. The lowest BCUT2D eigenvalue weighted by Gasteiger charge is -2.45. The number of rotatable bonds is 13. The van der Waals surface area contributed by atoms with Crippen LogP contribution in [0, 0.1) is 0 Å². The molecule has 0 spiro atoms. The number of benzene rings is 3. The lowest BCUT2D eigenvalue weighted by Crippen LogP contribution is -2.64. The molecule has 23 heteroatoms. The monoisotopic (exact) mass is 919 g/mol. The number of aromatic hydroxyl groups is 4. The predicted octanol–water partition coefficient (Wildman–Crippen LogP) is -2.05. The van der Waals surface area contributed by atoms with Gasteiger partial charge in [-0.1, -0.05) is 6.07 Å². The van der Waals surface area contributed by atoms with Crippen LogP contribution in [0.3, 0.4) is 0 Å². The fraction of sp³-hybridized carbons (Fsp3) is 0.429. The van der Waals surface area contributed by atoms with Crippen molar-refractivity contribution in [3.05, 3.63) is 76.5 Å². The molecular formula is C42H47O23+. The highest BCUT2D eigenvalue weighted by Gasteiger charge is 2.52. The molecule has 13 N–H and O–H groups in total. The SMILES string of the molecule is COc1cc(C=CC(=[OH+])OC[C@H]2O[C@@H](OC[C@H]3O[C@@H](Oc4cc5c(O)cc(=O)cc-5oc4-c4ccc(O)c(O)c4)[C@H](O[C@H]4OC[C@H](O)[C@@H](O)[C@H]4O)[C@@H](O)[C@@H]3O)[C@H](O)[C@@H](O)[C@@H]2O)ccc1O. The summed E-state index contributed by atoms with van der Waals surface area (Å²) in [7, 11) is 1.35. The van der Waals surface area contributed by atoms with Gasteiger partial charge in [0, 0.05) is 17.7 Å². The van der Waals surface area contributed by atoms with Crippen LogP contribution >= 0.6 is 0 Å². The fourth-order valence-electron chi connectivity index (χ4n) is 7.15. The Bertz CT molecular complexity index is 2350. The Labute approximate surface area is 366 Å². The van der Waals surface area contributed by atoms with E-state index in [9.17, 15) is 70.9 Å². The van der Waals surface area contributed by atoms with Crippen molar-refractivity contribution in [2.45, 2.75) is 86.0 Å². The van der Waals surface area contributed by atoms with Gasteiger partial charge in [-0.2, -0.15) is 0 Å². The molecule has 0 bridgehead atoms. The quantitative estimate of drug-likeness (QED) is 0.0297. The van der Waals surface area contributed by atoms with E-state index >= 15 is 0 Å². The molecule has 0 radical (unpaired) electrons. The summed E-state index contributed by atoms with van der Waals surface area (Å²) in [6.07, 6.45) is -22.6. The summed E-state index contributed by atoms with van der Waals surface area (Å²) in [5.41, 5.74) is -0.182. The second kappa shape index (κ2) is 19.8. The highest BCUT2D eigenvalue weighted by atomic mass is 16.8. The third kappa shape index (κ3) is 10.3. The molecule has 4 aliphatic heterocycles. The number of ether oxygens (including phenoxy) is 8. The van der Waals surface area contributed by atoms with Crippen molar-refractivity contribution in [1.82, 2.24) is 0 Å². The standard InChI is InChI=1S/C42H46O23/c1-57-26-8-16(2-5-21(26)45)3-7-30(49)58-14-28-32(51)34(53)37(56)40(63-28)60-15-29-33(52)35(54)39(65-41-36(55)31(50)24(48)13-59-41)42(64-29)62-27-12-19-22(46)10-18(43)11-25(19)61-38(27)17-4-6-20(44)23(47)9-17/h2-12,24,28-29,31-37,39-42,44-48,50-56H,13-15H2,1H3/p+1/t24-,28+,29+,31+,32+,33+,34-,35-,36+,37+,39+,40+,41+,42+/m0/s1. The van der Waals surface area contributed by atoms with Gasteiger partial charge in [0.2, 0.25) is 12.9 Å². The molecule has 3 saturated heterocycles. The Morgan fingerprint density at radius 1 is 0.708 bits per heavy atom. The first-order valence-electron chi connectivity index (χ1n) is 19.8. The molecule has 2 aromatic rings. The van der Waals surface area contributed by atoms with Crippen LogP contribution in [0.1, 0.15) is 5.56 Å². The van der Waals surface area contributed by atoms with E-state index in [1.807, 2.05) is 0 Å². The number of aliphatic hydroxyl groups excluding tert-OH is 8. The maximum Gasteiger partial charge on any atom is 0.510 e. The van der Waals surface area contributed by atoms with Crippen molar-refractivity contribution < 1.29 is 108 Å². The minimum absolute atomic E-state index is 0.0348. The van der Waals surface area contributed by atoms with E-state index < -0.39 is 134 Å². The minimum Gasteiger partial charge on any atom is -0.507 e. The number of hydrogen-bond donors (Lipinski definition) is 12. The zero-order valence-electron chi connectivity index (χ0n) is 34.0. The summed E-state index contributed by atoms with van der Waals surface area (Å²) in [5.74, 6) is -3.00. The second-order valence-corrected chi connectivity index (χ2v) is 15.3. The van der Waals surface area contributed by atoms with Crippen LogP contribution in [0.2, 0.25) is 0 Å². The first-order chi connectivity index (χ1) is 30.9.